The molecule has 4 rings (SSSR count). The van der Waals surface area contributed by atoms with Gasteiger partial charge >= 0.3 is 0 Å². The van der Waals surface area contributed by atoms with Crippen LogP contribution < -0.4 is 4.74 Å². The van der Waals surface area contributed by atoms with E-state index < -0.39 is 0 Å². The largest absolute Gasteiger partial charge is 0.497 e. The minimum absolute atomic E-state index is 0.129. The van der Waals surface area contributed by atoms with E-state index in [4.69, 9.17) is 4.74 Å². The molecule has 2 aliphatic heterocycles. The van der Waals surface area contributed by atoms with Crippen molar-refractivity contribution in [1.29, 1.82) is 0 Å². The number of rotatable bonds is 6. The summed E-state index contributed by atoms with van der Waals surface area (Å²) < 4.78 is 18.4. The Balaban J connectivity index is 1.24. The molecule has 0 saturated carbocycles. The highest BCUT2D eigenvalue weighted by Crippen LogP contribution is 2.22. The summed E-state index contributed by atoms with van der Waals surface area (Å²) in [7, 11) is 1.67. The first-order chi connectivity index (χ1) is 16.0. The topological polar surface area (TPSA) is 53.1 Å². The van der Waals surface area contributed by atoms with Crippen molar-refractivity contribution in [3.63, 3.8) is 0 Å². The van der Waals surface area contributed by atoms with E-state index in [1.165, 1.54) is 29.8 Å². The van der Waals surface area contributed by atoms with Crippen LogP contribution in [0.15, 0.2) is 48.5 Å². The van der Waals surface area contributed by atoms with Crippen molar-refractivity contribution >= 4 is 11.8 Å². The number of methoxy groups -OCH3 is 1. The highest BCUT2D eigenvalue weighted by Gasteiger charge is 2.32. The van der Waals surface area contributed by atoms with Crippen molar-refractivity contribution < 1.29 is 18.7 Å². The molecule has 0 aromatic heterocycles. The van der Waals surface area contributed by atoms with Gasteiger partial charge in [-0.3, -0.25) is 14.5 Å². The lowest BCUT2D eigenvalue weighted by Gasteiger charge is -2.39. The Morgan fingerprint density at radius 3 is 2.30 bits per heavy atom. The van der Waals surface area contributed by atoms with Crippen LogP contribution >= 0.6 is 0 Å². The number of piperidine rings is 1. The van der Waals surface area contributed by atoms with E-state index in [9.17, 15) is 14.0 Å². The average Bonchev–Trinajstić information content (AvgIpc) is 2.88. The summed E-state index contributed by atoms with van der Waals surface area (Å²) in [5, 5.41) is 0. The monoisotopic (exact) mass is 453 g/mol. The molecule has 2 aromatic carbocycles. The van der Waals surface area contributed by atoms with Crippen LogP contribution in [0.2, 0.25) is 0 Å². The van der Waals surface area contributed by atoms with Crippen molar-refractivity contribution in [2.24, 2.45) is 5.92 Å². The Morgan fingerprint density at radius 1 is 0.939 bits per heavy atom. The lowest BCUT2D eigenvalue weighted by molar-refractivity contribution is -0.138. The number of likely N-dealkylation sites (tertiary alicyclic amines) is 1. The van der Waals surface area contributed by atoms with Gasteiger partial charge in [-0.05, 0) is 61.2 Å². The Hall–Kier alpha value is -2.93. The van der Waals surface area contributed by atoms with E-state index >= 15 is 0 Å². The number of hydrogen-bond acceptors (Lipinski definition) is 4. The number of amides is 2. The minimum atomic E-state index is -0.360. The van der Waals surface area contributed by atoms with Gasteiger partial charge in [-0.15, -0.1) is 0 Å². The van der Waals surface area contributed by atoms with Gasteiger partial charge in [0.15, 0.2) is 0 Å². The van der Waals surface area contributed by atoms with Gasteiger partial charge < -0.3 is 14.5 Å². The number of nitrogens with zero attached hydrogens (tertiary/aromatic N) is 3. The van der Waals surface area contributed by atoms with E-state index in [-0.39, 0.29) is 23.5 Å². The van der Waals surface area contributed by atoms with Crippen LogP contribution in [0.25, 0.3) is 0 Å². The third-order valence-electron chi connectivity index (χ3n) is 6.71. The summed E-state index contributed by atoms with van der Waals surface area (Å²) in [5.74, 6) is 0.374. The van der Waals surface area contributed by atoms with Crippen LogP contribution in [0.5, 0.6) is 5.75 Å². The second kappa shape index (κ2) is 10.8. The summed E-state index contributed by atoms with van der Waals surface area (Å²) in [5.41, 5.74) is 1.75. The first-order valence-corrected chi connectivity index (χ1v) is 11.7. The second-order valence-electron chi connectivity index (χ2n) is 8.86. The molecule has 2 heterocycles. The number of ether oxygens (including phenoxy) is 1. The molecule has 7 heteroatoms. The molecule has 2 saturated heterocycles. The molecule has 2 fully saturated rings. The molecular weight excluding hydrogens is 421 g/mol. The molecule has 2 aliphatic rings. The molecule has 176 valence electrons. The van der Waals surface area contributed by atoms with Crippen molar-refractivity contribution in [3.8, 4) is 5.75 Å². The van der Waals surface area contributed by atoms with E-state index in [1.807, 2.05) is 17.0 Å². The molecule has 0 N–H and O–H groups in total. The van der Waals surface area contributed by atoms with E-state index in [0.717, 1.165) is 57.7 Å². The summed E-state index contributed by atoms with van der Waals surface area (Å²) in [6.07, 6.45) is 2.59. The molecule has 1 unspecified atom stereocenters. The van der Waals surface area contributed by atoms with Gasteiger partial charge in [0.25, 0.3) is 5.91 Å². The fourth-order valence-electron chi connectivity index (χ4n) is 4.67. The van der Waals surface area contributed by atoms with Crippen LogP contribution in [0.1, 0.15) is 28.8 Å². The Bertz CT molecular complexity index is 940. The van der Waals surface area contributed by atoms with Gasteiger partial charge in [-0.1, -0.05) is 12.1 Å². The fraction of sp³-hybridized carbons (Fsp3) is 0.462. The molecule has 0 bridgehead atoms. The Morgan fingerprint density at radius 2 is 1.64 bits per heavy atom. The zero-order chi connectivity index (χ0) is 23.2. The van der Waals surface area contributed by atoms with Crippen LogP contribution in [0, 0.1) is 11.7 Å². The molecule has 33 heavy (non-hydrogen) atoms. The van der Waals surface area contributed by atoms with Crippen molar-refractivity contribution in [3.05, 3.63) is 65.5 Å². The second-order valence-corrected chi connectivity index (χ2v) is 8.86. The van der Waals surface area contributed by atoms with Crippen molar-refractivity contribution in [2.75, 3.05) is 52.9 Å². The summed E-state index contributed by atoms with van der Waals surface area (Å²) in [4.78, 5) is 32.0. The van der Waals surface area contributed by atoms with Gasteiger partial charge in [0, 0.05) is 51.4 Å². The molecule has 0 aliphatic carbocycles. The third kappa shape index (κ3) is 5.90. The highest BCUT2D eigenvalue weighted by atomic mass is 19.1. The normalized spacial score (nSPS) is 19.4. The first kappa shape index (κ1) is 23.2. The van der Waals surface area contributed by atoms with Gasteiger partial charge in [0.1, 0.15) is 11.6 Å². The van der Waals surface area contributed by atoms with Gasteiger partial charge in [0.05, 0.1) is 13.0 Å². The molecular formula is C26H32FN3O3. The maximum Gasteiger partial charge on any atom is 0.253 e. The number of piperazine rings is 1. The zero-order valence-electron chi connectivity index (χ0n) is 19.2. The standard InChI is InChI=1S/C26H32FN3O3/c1-33-24-10-4-20(5-11-24)12-14-28-15-17-29(18-16-28)26(32)22-3-2-13-30(19-22)25(31)21-6-8-23(27)9-7-21/h4-11,22H,2-3,12-19H2,1H3. The molecule has 2 amide bonds. The van der Waals surface area contributed by atoms with Crippen molar-refractivity contribution in [2.45, 2.75) is 19.3 Å². The maximum atomic E-state index is 13.2. The molecule has 0 radical (unpaired) electrons. The molecule has 0 spiro atoms. The molecule has 2 aromatic rings. The molecule has 6 nitrogen and oxygen atoms in total. The predicted octanol–water partition coefficient (Wildman–Crippen LogP) is 3.07. The van der Waals surface area contributed by atoms with Crippen LogP contribution in [-0.4, -0.2) is 79.4 Å². The maximum absolute atomic E-state index is 13.2. The smallest absolute Gasteiger partial charge is 0.253 e. The average molecular weight is 454 g/mol. The van der Waals surface area contributed by atoms with E-state index in [2.05, 4.69) is 17.0 Å². The lowest BCUT2D eigenvalue weighted by Crippen LogP contribution is -2.53. The SMILES string of the molecule is COc1ccc(CCN2CCN(C(=O)C3CCCN(C(=O)c4ccc(F)cc4)C3)CC2)cc1. The first-order valence-electron chi connectivity index (χ1n) is 11.7. The molecule has 1 atom stereocenters. The summed E-state index contributed by atoms with van der Waals surface area (Å²) in [6, 6.07) is 13.8. The van der Waals surface area contributed by atoms with Gasteiger partial charge in [-0.2, -0.15) is 0 Å². The zero-order valence-corrected chi connectivity index (χ0v) is 19.2. The summed E-state index contributed by atoms with van der Waals surface area (Å²) >= 11 is 0. The number of halogens is 1. The fourth-order valence-corrected chi connectivity index (χ4v) is 4.67. The van der Waals surface area contributed by atoms with E-state index in [1.54, 1.807) is 12.0 Å². The van der Waals surface area contributed by atoms with Crippen molar-refractivity contribution in [1.82, 2.24) is 14.7 Å². The van der Waals surface area contributed by atoms with Gasteiger partial charge in [-0.25, -0.2) is 4.39 Å². The number of carbonyl (C=O) groups is 2. The van der Waals surface area contributed by atoms with Gasteiger partial charge in [0.2, 0.25) is 5.91 Å². The minimum Gasteiger partial charge on any atom is -0.497 e. The lowest BCUT2D eigenvalue weighted by atomic mass is 9.95. The van der Waals surface area contributed by atoms with Crippen LogP contribution in [-0.2, 0) is 11.2 Å². The Labute approximate surface area is 194 Å². The third-order valence-corrected chi connectivity index (χ3v) is 6.71. The summed E-state index contributed by atoms with van der Waals surface area (Å²) in [6.45, 7) is 5.23. The Kier molecular flexibility index (Phi) is 7.60. The number of carbonyl (C=O) groups excluding carboxylic acids is 2. The number of benzene rings is 2. The van der Waals surface area contributed by atoms with Crippen LogP contribution in [0.4, 0.5) is 4.39 Å². The predicted molar refractivity (Wildman–Crippen MR) is 125 cm³/mol. The quantitative estimate of drug-likeness (QED) is 0.675. The van der Waals surface area contributed by atoms with Crippen LogP contribution in [0.3, 0.4) is 0 Å². The van der Waals surface area contributed by atoms with E-state index in [0.29, 0.717) is 18.7 Å². The highest BCUT2D eigenvalue weighted by molar-refractivity contribution is 5.94. The number of hydrogen-bond donors (Lipinski definition) is 0.